The van der Waals surface area contributed by atoms with Crippen LogP contribution in [0.15, 0.2) is 0 Å². The summed E-state index contributed by atoms with van der Waals surface area (Å²) in [6.45, 7) is 0. The Morgan fingerprint density at radius 1 is 2.00 bits per heavy atom. The molecule has 0 amide bonds. The third kappa shape index (κ3) is 1.25. The molecule has 0 aromatic heterocycles. The van der Waals surface area contributed by atoms with Crippen LogP contribution in [-0.2, 0) is 0 Å². The molecule has 0 aromatic rings. The number of hydrazine groups is 1. The summed E-state index contributed by atoms with van der Waals surface area (Å²) >= 11 is 0. The molecule has 22 valence electrons. The summed E-state index contributed by atoms with van der Waals surface area (Å²) in [6.07, 6.45) is 1.46. The van der Waals surface area contributed by atoms with Crippen molar-refractivity contribution in [2.75, 3.05) is 0 Å². The molecule has 0 saturated heterocycles. The molecule has 3 nitrogen and oxygen atoms in total. The second-order valence-corrected chi connectivity index (χ2v) is 0.256. The van der Waals surface area contributed by atoms with Crippen LogP contribution in [0.4, 0.5) is 0 Å². The van der Waals surface area contributed by atoms with E-state index in [1.54, 1.807) is 5.43 Å². The fraction of sp³-hybridized carbons (Fsp3) is 0. The van der Waals surface area contributed by atoms with E-state index in [2.05, 4.69) is 5.84 Å². The number of rotatable bonds is 0. The van der Waals surface area contributed by atoms with E-state index >= 15 is 0 Å². The minimum absolute atomic E-state index is 1.46. The SMILES string of the molecule is N#CNN. The standard InChI is InChI=1S/CH3N3/c2-1-4-3/h4H,3H2. The van der Waals surface area contributed by atoms with Crippen molar-refractivity contribution < 1.29 is 0 Å². The molecule has 3 heteroatoms. The third-order valence-electron chi connectivity index (χ3n) is 0.0645. The van der Waals surface area contributed by atoms with Gasteiger partial charge in [-0.25, -0.2) is 5.84 Å². The summed E-state index contributed by atoms with van der Waals surface area (Å²) in [5.41, 5.74) is 1.74. The topological polar surface area (TPSA) is 61.8 Å². The molecule has 0 aliphatic carbocycles. The lowest BCUT2D eigenvalue weighted by Gasteiger charge is -1.62. The first-order valence-corrected chi connectivity index (χ1v) is 0.762. The van der Waals surface area contributed by atoms with Crippen LogP contribution < -0.4 is 11.3 Å². The Bertz CT molecular complexity index is 33.0. The van der Waals surface area contributed by atoms with Crippen molar-refractivity contribution in [3.05, 3.63) is 0 Å². The van der Waals surface area contributed by atoms with Gasteiger partial charge in [-0.2, -0.15) is 5.26 Å². The number of nitriles is 1. The van der Waals surface area contributed by atoms with E-state index in [0.29, 0.717) is 0 Å². The second-order valence-electron chi connectivity index (χ2n) is 0.256. The highest BCUT2D eigenvalue weighted by atomic mass is 15.2. The predicted octanol–water partition coefficient (Wildman–Crippen LogP) is -1.07. The van der Waals surface area contributed by atoms with E-state index in [-0.39, 0.29) is 0 Å². The van der Waals surface area contributed by atoms with Crippen LogP contribution in [0.25, 0.3) is 0 Å². The maximum Gasteiger partial charge on any atom is 0.192 e. The number of nitrogens with two attached hydrogens (primary N) is 1. The van der Waals surface area contributed by atoms with Gasteiger partial charge in [-0.05, 0) is 0 Å². The lowest BCUT2D eigenvalue weighted by molar-refractivity contribution is 0.984. The van der Waals surface area contributed by atoms with E-state index in [0.717, 1.165) is 0 Å². The lowest BCUT2D eigenvalue weighted by Crippen LogP contribution is -2.12. The third-order valence-corrected chi connectivity index (χ3v) is 0.0645. The van der Waals surface area contributed by atoms with E-state index in [9.17, 15) is 0 Å². The molecule has 0 aliphatic heterocycles. The Kier molecular flexibility index (Phi) is 1.83. The van der Waals surface area contributed by atoms with Crippen molar-refractivity contribution in [1.82, 2.24) is 5.43 Å². The quantitative estimate of drug-likeness (QED) is 0.161. The first-order chi connectivity index (χ1) is 1.91. The molecular weight excluding hydrogens is 54.0 g/mol. The fourth-order valence-corrected chi connectivity index (χ4v) is 0. The molecule has 0 heterocycles. The maximum absolute atomic E-state index is 7.39. The Labute approximate surface area is 24.0 Å². The first kappa shape index (κ1) is 3.25. The zero-order valence-corrected chi connectivity index (χ0v) is 2.02. The molecule has 3 N–H and O–H groups in total. The normalized spacial score (nSPS) is 4.00. The highest BCUT2D eigenvalue weighted by Gasteiger charge is 1.38. The number of hydrogen-bond donors (Lipinski definition) is 2. The minimum Gasteiger partial charge on any atom is -0.261 e. The Morgan fingerprint density at radius 2 is 2.25 bits per heavy atom. The maximum atomic E-state index is 7.39. The highest BCUT2D eigenvalue weighted by Crippen LogP contribution is 1.08. The van der Waals surface area contributed by atoms with Gasteiger partial charge in [0.1, 0.15) is 0 Å². The summed E-state index contributed by atoms with van der Waals surface area (Å²) in [7, 11) is 0. The second kappa shape index (κ2) is 2.25. The molecule has 0 radical (unpaired) electrons. The van der Waals surface area contributed by atoms with Crippen LogP contribution in [0.3, 0.4) is 0 Å². The van der Waals surface area contributed by atoms with Crippen molar-refractivity contribution in [3.63, 3.8) is 0 Å². The van der Waals surface area contributed by atoms with Gasteiger partial charge >= 0.3 is 0 Å². The number of nitrogens with one attached hydrogen (secondary N) is 1. The number of nitrogens with zero attached hydrogens (tertiary/aromatic N) is 1. The minimum atomic E-state index is 1.46. The molecule has 0 spiro atoms. The lowest BCUT2D eigenvalue weighted by atomic mass is 11.4. The molecular formula is CH3N3. The van der Waals surface area contributed by atoms with Gasteiger partial charge in [0.25, 0.3) is 0 Å². The van der Waals surface area contributed by atoms with E-state index < -0.39 is 0 Å². The summed E-state index contributed by atoms with van der Waals surface area (Å²) in [5, 5.41) is 7.39. The van der Waals surface area contributed by atoms with Gasteiger partial charge < -0.3 is 0 Å². The van der Waals surface area contributed by atoms with Gasteiger partial charge in [0.15, 0.2) is 6.19 Å². The molecule has 4 heavy (non-hydrogen) atoms. The van der Waals surface area contributed by atoms with Gasteiger partial charge in [-0.1, -0.05) is 0 Å². The molecule has 0 bridgehead atoms. The van der Waals surface area contributed by atoms with Crippen molar-refractivity contribution in [2.45, 2.75) is 0 Å². The average Bonchev–Trinajstić information content (AvgIpc) is 1.37. The van der Waals surface area contributed by atoms with Crippen LogP contribution in [0.1, 0.15) is 0 Å². The van der Waals surface area contributed by atoms with Gasteiger partial charge in [-0.3, -0.25) is 5.43 Å². The zero-order valence-electron chi connectivity index (χ0n) is 2.02. The van der Waals surface area contributed by atoms with Crippen LogP contribution in [-0.4, -0.2) is 0 Å². The van der Waals surface area contributed by atoms with Crippen molar-refractivity contribution in [3.8, 4) is 6.19 Å². The monoisotopic (exact) mass is 57.0 g/mol. The Hall–Kier alpha value is -0.750. The average molecular weight is 57.1 g/mol. The Balaban J connectivity index is 2.43. The molecule has 0 rings (SSSR count). The molecule has 0 aliphatic rings. The van der Waals surface area contributed by atoms with Gasteiger partial charge in [0, 0.05) is 0 Å². The van der Waals surface area contributed by atoms with E-state index in [4.69, 9.17) is 5.26 Å². The van der Waals surface area contributed by atoms with Crippen molar-refractivity contribution in [1.29, 1.82) is 5.26 Å². The van der Waals surface area contributed by atoms with Crippen LogP contribution in [0.5, 0.6) is 0 Å². The smallest absolute Gasteiger partial charge is 0.192 e. The first-order valence-electron chi connectivity index (χ1n) is 0.762. The molecule has 0 atom stereocenters. The van der Waals surface area contributed by atoms with Gasteiger partial charge in [-0.15, -0.1) is 0 Å². The van der Waals surface area contributed by atoms with Crippen LogP contribution in [0.2, 0.25) is 0 Å². The fourth-order valence-electron chi connectivity index (χ4n) is 0. The summed E-state index contributed by atoms with van der Waals surface area (Å²) in [4.78, 5) is 0. The predicted molar refractivity (Wildman–Crippen MR) is 12.9 cm³/mol. The molecule has 0 saturated carbocycles. The van der Waals surface area contributed by atoms with Crippen LogP contribution in [0, 0.1) is 11.5 Å². The molecule has 0 unspecified atom stereocenters. The Morgan fingerprint density at radius 3 is 2.25 bits per heavy atom. The molecule has 0 fully saturated rings. The summed E-state index contributed by atoms with van der Waals surface area (Å²) < 4.78 is 0. The van der Waals surface area contributed by atoms with Crippen molar-refractivity contribution >= 4 is 0 Å². The van der Waals surface area contributed by atoms with E-state index in [1.165, 1.54) is 6.19 Å². The van der Waals surface area contributed by atoms with Gasteiger partial charge in [0.05, 0.1) is 0 Å². The molecule has 0 aromatic carbocycles. The number of hydrogen-bond acceptors (Lipinski definition) is 3. The largest absolute Gasteiger partial charge is 0.261 e. The summed E-state index contributed by atoms with van der Waals surface area (Å²) in [6, 6.07) is 0. The van der Waals surface area contributed by atoms with Gasteiger partial charge in [0.2, 0.25) is 0 Å². The zero-order chi connectivity index (χ0) is 3.41. The summed E-state index contributed by atoms with van der Waals surface area (Å²) in [5.74, 6) is 4.42. The van der Waals surface area contributed by atoms with Crippen molar-refractivity contribution in [2.24, 2.45) is 5.84 Å². The highest BCUT2D eigenvalue weighted by molar-refractivity contribution is 4.53. The van der Waals surface area contributed by atoms with Crippen LogP contribution >= 0.6 is 0 Å². The van der Waals surface area contributed by atoms with E-state index in [1.807, 2.05) is 0 Å².